The Morgan fingerprint density at radius 2 is 2.05 bits per heavy atom. The van der Waals surface area contributed by atoms with Gasteiger partial charge in [-0.15, -0.1) is 0 Å². The maximum Gasteiger partial charge on any atom is 0.335 e. The summed E-state index contributed by atoms with van der Waals surface area (Å²) in [6.45, 7) is 4.32. The van der Waals surface area contributed by atoms with E-state index >= 15 is 0 Å². The van der Waals surface area contributed by atoms with Crippen LogP contribution in [0.3, 0.4) is 0 Å². The summed E-state index contributed by atoms with van der Waals surface area (Å²) < 4.78 is 7.34. The summed E-state index contributed by atoms with van der Waals surface area (Å²) in [6, 6.07) is 6.48. The third-order valence-corrected chi connectivity index (χ3v) is 2.61. The van der Waals surface area contributed by atoms with E-state index in [0.717, 1.165) is 5.82 Å². The first-order valence-corrected chi connectivity index (χ1v) is 5.92. The van der Waals surface area contributed by atoms with Gasteiger partial charge in [-0.1, -0.05) is 0 Å². The molecule has 0 saturated carbocycles. The van der Waals surface area contributed by atoms with Gasteiger partial charge in [-0.05, 0) is 38.1 Å². The van der Waals surface area contributed by atoms with E-state index in [2.05, 4.69) is 10.1 Å². The van der Waals surface area contributed by atoms with Crippen LogP contribution < -0.4 is 4.74 Å². The monoisotopic (exact) mass is 261 g/mol. The van der Waals surface area contributed by atoms with Crippen LogP contribution in [0.15, 0.2) is 30.6 Å². The molecule has 0 aliphatic heterocycles. The van der Waals surface area contributed by atoms with Crippen molar-refractivity contribution in [2.45, 2.75) is 26.5 Å². The minimum Gasteiger partial charge on any atom is -0.486 e. The molecule has 0 saturated heterocycles. The zero-order valence-corrected chi connectivity index (χ0v) is 10.8. The van der Waals surface area contributed by atoms with E-state index in [4.69, 9.17) is 9.84 Å². The van der Waals surface area contributed by atoms with E-state index in [1.807, 2.05) is 13.8 Å². The third kappa shape index (κ3) is 3.09. The average molecular weight is 261 g/mol. The van der Waals surface area contributed by atoms with E-state index in [1.54, 1.807) is 16.8 Å². The average Bonchev–Trinajstić information content (AvgIpc) is 2.85. The van der Waals surface area contributed by atoms with E-state index in [1.165, 1.54) is 18.5 Å². The van der Waals surface area contributed by atoms with E-state index in [9.17, 15) is 4.79 Å². The number of aromatic nitrogens is 3. The largest absolute Gasteiger partial charge is 0.486 e. The molecule has 0 aliphatic carbocycles. The Kier molecular flexibility index (Phi) is 3.79. The van der Waals surface area contributed by atoms with Gasteiger partial charge in [0.1, 0.15) is 18.7 Å². The van der Waals surface area contributed by atoms with Crippen molar-refractivity contribution in [2.24, 2.45) is 0 Å². The highest BCUT2D eigenvalue weighted by atomic mass is 16.5. The summed E-state index contributed by atoms with van der Waals surface area (Å²) in [5.41, 5.74) is 0.234. The Morgan fingerprint density at radius 3 is 2.63 bits per heavy atom. The highest BCUT2D eigenvalue weighted by Gasteiger charge is 2.08. The fourth-order valence-corrected chi connectivity index (χ4v) is 1.65. The van der Waals surface area contributed by atoms with Crippen molar-refractivity contribution in [3.63, 3.8) is 0 Å². The van der Waals surface area contributed by atoms with Gasteiger partial charge in [-0.25, -0.2) is 14.5 Å². The first-order chi connectivity index (χ1) is 9.08. The molecule has 0 fully saturated rings. The van der Waals surface area contributed by atoms with Crippen molar-refractivity contribution in [1.82, 2.24) is 14.8 Å². The van der Waals surface area contributed by atoms with E-state index in [-0.39, 0.29) is 11.6 Å². The van der Waals surface area contributed by atoms with Crippen LogP contribution in [0.25, 0.3) is 0 Å². The van der Waals surface area contributed by atoms with Crippen molar-refractivity contribution in [1.29, 1.82) is 0 Å². The fourth-order valence-electron chi connectivity index (χ4n) is 1.65. The van der Waals surface area contributed by atoms with Crippen molar-refractivity contribution < 1.29 is 14.6 Å². The Morgan fingerprint density at radius 1 is 1.37 bits per heavy atom. The molecule has 19 heavy (non-hydrogen) atoms. The number of carboxylic acid groups (broad SMARTS) is 1. The van der Waals surface area contributed by atoms with Gasteiger partial charge in [-0.2, -0.15) is 5.10 Å². The second kappa shape index (κ2) is 5.51. The molecular weight excluding hydrogens is 246 g/mol. The summed E-state index contributed by atoms with van der Waals surface area (Å²) in [7, 11) is 0. The SMILES string of the molecule is CC(C)n1ncnc1COc1ccc(C(=O)O)cc1. The number of carbonyl (C=O) groups is 1. The van der Waals surface area contributed by atoms with Gasteiger partial charge in [0.25, 0.3) is 0 Å². The second-order valence-corrected chi connectivity index (χ2v) is 4.33. The molecule has 100 valence electrons. The lowest BCUT2D eigenvalue weighted by atomic mass is 10.2. The van der Waals surface area contributed by atoms with Gasteiger partial charge in [-0.3, -0.25) is 0 Å². The summed E-state index contributed by atoms with van der Waals surface area (Å²) in [4.78, 5) is 14.8. The molecule has 0 spiro atoms. The minimum atomic E-state index is -0.953. The molecule has 0 amide bonds. The molecule has 6 heteroatoms. The molecule has 6 nitrogen and oxygen atoms in total. The second-order valence-electron chi connectivity index (χ2n) is 4.33. The fraction of sp³-hybridized carbons (Fsp3) is 0.308. The lowest BCUT2D eigenvalue weighted by Crippen LogP contribution is -2.10. The van der Waals surface area contributed by atoms with Crippen LogP contribution in [0.4, 0.5) is 0 Å². The van der Waals surface area contributed by atoms with Gasteiger partial charge in [0.15, 0.2) is 5.82 Å². The first kappa shape index (κ1) is 13.1. The Labute approximate surface area is 110 Å². The topological polar surface area (TPSA) is 77.2 Å². The Hall–Kier alpha value is -2.37. The molecule has 0 radical (unpaired) electrons. The van der Waals surface area contributed by atoms with Gasteiger partial charge in [0.2, 0.25) is 0 Å². The van der Waals surface area contributed by atoms with Gasteiger partial charge in [0, 0.05) is 6.04 Å². The lowest BCUT2D eigenvalue weighted by Gasteiger charge is -2.10. The number of benzene rings is 1. The number of ether oxygens (including phenoxy) is 1. The van der Waals surface area contributed by atoms with Crippen LogP contribution in [-0.4, -0.2) is 25.8 Å². The summed E-state index contributed by atoms with van der Waals surface area (Å²) in [5, 5.41) is 12.9. The number of aromatic carboxylic acids is 1. The molecule has 0 atom stereocenters. The molecular formula is C13H15N3O3. The van der Waals surface area contributed by atoms with Crippen LogP contribution in [-0.2, 0) is 6.61 Å². The van der Waals surface area contributed by atoms with Crippen LogP contribution >= 0.6 is 0 Å². The third-order valence-electron chi connectivity index (χ3n) is 2.61. The minimum absolute atomic E-state index is 0.218. The van der Waals surface area contributed by atoms with E-state index in [0.29, 0.717) is 12.4 Å². The number of carboxylic acids is 1. The number of rotatable bonds is 5. The molecule has 0 aliphatic rings. The lowest BCUT2D eigenvalue weighted by molar-refractivity contribution is 0.0697. The summed E-state index contributed by atoms with van der Waals surface area (Å²) >= 11 is 0. The number of hydrogen-bond acceptors (Lipinski definition) is 4. The van der Waals surface area contributed by atoms with Crippen LogP contribution in [0.5, 0.6) is 5.75 Å². The summed E-state index contributed by atoms with van der Waals surface area (Å²) in [5.74, 6) is 0.381. The molecule has 0 unspecified atom stereocenters. The number of nitrogens with zero attached hydrogens (tertiary/aromatic N) is 3. The molecule has 2 rings (SSSR count). The molecule has 1 N–H and O–H groups in total. The van der Waals surface area contributed by atoms with Crippen molar-refractivity contribution in [2.75, 3.05) is 0 Å². The normalized spacial score (nSPS) is 10.7. The quantitative estimate of drug-likeness (QED) is 0.892. The molecule has 1 aromatic carbocycles. The predicted molar refractivity (Wildman–Crippen MR) is 68.1 cm³/mol. The predicted octanol–water partition coefficient (Wildman–Crippen LogP) is 2.14. The van der Waals surface area contributed by atoms with Crippen molar-refractivity contribution in [3.05, 3.63) is 42.0 Å². The van der Waals surface area contributed by atoms with E-state index < -0.39 is 5.97 Å². The molecule has 0 bridgehead atoms. The number of hydrogen-bond donors (Lipinski definition) is 1. The first-order valence-electron chi connectivity index (χ1n) is 5.92. The maximum atomic E-state index is 10.7. The molecule has 1 heterocycles. The maximum absolute atomic E-state index is 10.7. The van der Waals surface area contributed by atoms with Crippen LogP contribution in [0.2, 0.25) is 0 Å². The highest BCUT2D eigenvalue weighted by molar-refractivity contribution is 5.87. The van der Waals surface area contributed by atoms with Crippen LogP contribution in [0.1, 0.15) is 36.1 Å². The molecule has 1 aromatic heterocycles. The van der Waals surface area contributed by atoms with Gasteiger partial charge < -0.3 is 9.84 Å². The Bertz CT molecular complexity index is 561. The zero-order valence-electron chi connectivity index (χ0n) is 10.8. The zero-order chi connectivity index (χ0) is 13.8. The van der Waals surface area contributed by atoms with Crippen LogP contribution in [0, 0.1) is 0 Å². The van der Waals surface area contributed by atoms with Gasteiger partial charge >= 0.3 is 5.97 Å². The summed E-state index contributed by atoms with van der Waals surface area (Å²) in [6.07, 6.45) is 1.49. The standard InChI is InChI=1S/C13H15N3O3/c1-9(2)16-12(14-8-15-16)7-19-11-5-3-10(4-6-11)13(17)18/h3-6,8-9H,7H2,1-2H3,(H,17,18). The Balaban J connectivity index is 2.02. The van der Waals surface area contributed by atoms with Crippen molar-refractivity contribution in [3.8, 4) is 5.75 Å². The highest BCUT2D eigenvalue weighted by Crippen LogP contribution is 2.14. The van der Waals surface area contributed by atoms with Gasteiger partial charge in [0.05, 0.1) is 5.56 Å². The molecule has 2 aromatic rings. The smallest absolute Gasteiger partial charge is 0.335 e. The van der Waals surface area contributed by atoms with Crippen molar-refractivity contribution >= 4 is 5.97 Å².